The second-order valence-electron chi connectivity index (χ2n) is 6.96. The van der Waals surface area contributed by atoms with E-state index in [0.717, 1.165) is 5.56 Å². The number of piperidine rings is 1. The SMILES string of the molecule is COc1ccc(OC)c(CC(=O)N2CCC(NC(=O)c3ccccc3F)CC2)c1. The number of nitrogens with zero attached hydrogens (tertiary/aromatic N) is 1. The smallest absolute Gasteiger partial charge is 0.254 e. The van der Waals surface area contributed by atoms with Gasteiger partial charge in [0.25, 0.3) is 5.91 Å². The summed E-state index contributed by atoms with van der Waals surface area (Å²) in [5.74, 6) is 0.351. The number of carbonyl (C=O) groups is 2. The molecule has 29 heavy (non-hydrogen) atoms. The van der Waals surface area contributed by atoms with E-state index in [1.54, 1.807) is 49.5 Å². The van der Waals surface area contributed by atoms with Crippen molar-refractivity contribution in [3.05, 3.63) is 59.4 Å². The van der Waals surface area contributed by atoms with Crippen molar-refractivity contribution in [3.8, 4) is 11.5 Å². The van der Waals surface area contributed by atoms with Crippen molar-refractivity contribution in [2.24, 2.45) is 0 Å². The molecule has 154 valence electrons. The van der Waals surface area contributed by atoms with Crippen LogP contribution in [0.2, 0.25) is 0 Å². The van der Waals surface area contributed by atoms with Gasteiger partial charge in [0.2, 0.25) is 5.91 Å². The third-order valence-electron chi connectivity index (χ3n) is 5.13. The second kappa shape index (κ2) is 9.41. The fourth-order valence-electron chi connectivity index (χ4n) is 3.48. The molecule has 0 spiro atoms. The average molecular weight is 400 g/mol. The zero-order valence-corrected chi connectivity index (χ0v) is 16.6. The maximum atomic E-state index is 13.8. The highest BCUT2D eigenvalue weighted by molar-refractivity contribution is 5.94. The van der Waals surface area contributed by atoms with Gasteiger partial charge in [0, 0.05) is 24.7 Å². The summed E-state index contributed by atoms with van der Waals surface area (Å²) in [6.07, 6.45) is 1.47. The lowest BCUT2D eigenvalue weighted by Crippen LogP contribution is -2.47. The molecule has 1 aliphatic heterocycles. The first-order valence-electron chi connectivity index (χ1n) is 9.56. The van der Waals surface area contributed by atoms with Gasteiger partial charge >= 0.3 is 0 Å². The maximum absolute atomic E-state index is 13.8. The molecule has 1 fully saturated rings. The third-order valence-corrected chi connectivity index (χ3v) is 5.13. The lowest BCUT2D eigenvalue weighted by molar-refractivity contribution is -0.131. The summed E-state index contributed by atoms with van der Waals surface area (Å²) in [5, 5.41) is 2.87. The second-order valence-corrected chi connectivity index (χ2v) is 6.96. The standard InChI is InChI=1S/C22H25FN2O4/c1-28-17-7-8-20(29-2)15(13-17)14-21(26)25-11-9-16(10-12-25)24-22(27)18-5-3-4-6-19(18)23/h3-8,13,16H,9-12,14H2,1-2H3,(H,24,27). The number of halogens is 1. The van der Waals surface area contributed by atoms with Gasteiger partial charge in [-0.1, -0.05) is 12.1 Å². The lowest BCUT2D eigenvalue weighted by atomic mass is 10.0. The van der Waals surface area contributed by atoms with Crippen LogP contribution in [0.3, 0.4) is 0 Å². The molecule has 0 saturated carbocycles. The number of benzene rings is 2. The van der Waals surface area contributed by atoms with Crippen LogP contribution in [0.1, 0.15) is 28.8 Å². The van der Waals surface area contributed by atoms with Crippen LogP contribution in [0.5, 0.6) is 11.5 Å². The van der Waals surface area contributed by atoms with Crippen LogP contribution in [-0.4, -0.2) is 50.1 Å². The first kappa shape index (κ1) is 20.6. The van der Waals surface area contributed by atoms with E-state index in [0.29, 0.717) is 37.4 Å². The van der Waals surface area contributed by atoms with Gasteiger partial charge in [-0.25, -0.2) is 4.39 Å². The Morgan fingerprint density at radius 3 is 2.48 bits per heavy atom. The minimum absolute atomic E-state index is 0.00423. The van der Waals surface area contributed by atoms with Crippen LogP contribution >= 0.6 is 0 Å². The van der Waals surface area contributed by atoms with Gasteiger partial charge in [-0.2, -0.15) is 0 Å². The van der Waals surface area contributed by atoms with Gasteiger partial charge < -0.3 is 19.7 Å². The van der Waals surface area contributed by atoms with Crippen LogP contribution in [-0.2, 0) is 11.2 Å². The molecular formula is C22H25FN2O4. The number of ether oxygens (including phenoxy) is 2. The van der Waals surface area contributed by atoms with Gasteiger partial charge in [0.1, 0.15) is 17.3 Å². The Balaban J connectivity index is 1.55. The summed E-state index contributed by atoms with van der Waals surface area (Å²) in [6.45, 7) is 1.07. The normalized spacial score (nSPS) is 14.4. The summed E-state index contributed by atoms with van der Waals surface area (Å²) in [7, 11) is 3.15. The monoisotopic (exact) mass is 400 g/mol. The van der Waals surface area contributed by atoms with E-state index in [-0.39, 0.29) is 23.9 Å². The van der Waals surface area contributed by atoms with E-state index >= 15 is 0 Å². The highest BCUT2D eigenvalue weighted by atomic mass is 19.1. The van der Waals surface area contributed by atoms with Crippen molar-refractivity contribution in [3.63, 3.8) is 0 Å². The molecule has 7 heteroatoms. The first-order valence-corrected chi connectivity index (χ1v) is 9.56. The number of rotatable bonds is 6. The Morgan fingerprint density at radius 2 is 1.83 bits per heavy atom. The largest absolute Gasteiger partial charge is 0.497 e. The van der Waals surface area contributed by atoms with E-state index in [1.807, 2.05) is 0 Å². The quantitative estimate of drug-likeness (QED) is 0.810. The number of hydrogen-bond donors (Lipinski definition) is 1. The topological polar surface area (TPSA) is 67.9 Å². The van der Waals surface area contributed by atoms with Crippen molar-refractivity contribution in [1.29, 1.82) is 0 Å². The highest BCUT2D eigenvalue weighted by Crippen LogP contribution is 2.25. The molecular weight excluding hydrogens is 375 g/mol. The van der Waals surface area contributed by atoms with Crippen LogP contribution in [0.15, 0.2) is 42.5 Å². The molecule has 1 aliphatic rings. The Hall–Kier alpha value is -3.09. The fraction of sp³-hybridized carbons (Fsp3) is 0.364. The number of amides is 2. The van der Waals surface area contributed by atoms with Crippen molar-refractivity contribution in [1.82, 2.24) is 10.2 Å². The molecule has 2 aromatic carbocycles. The van der Waals surface area contributed by atoms with E-state index < -0.39 is 11.7 Å². The molecule has 0 radical (unpaired) electrons. The van der Waals surface area contributed by atoms with Gasteiger partial charge in [0.05, 0.1) is 26.2 Å². The fourth-order valence-corrected chi connectivity index (χ4v) is 3.48. The van der Waals surface area contributed by atoms with Gasteiger partial charge in [-0.05, 0) is 43.2 Å². The summed E-state index contributed by atoms with van der Waals surface area (Å²) in [4.78, 5) is 26.8. The predicted molar refractivity (Wildman–Crippen MR) is 107 cm³/mol. The zero-order valence-electron chi connectivity index (χ0n) is 16.6. The van der Waals surface area contributed by atoms with Gasteiger partial charge in [-0.15, -0.1) is 0 Å². The van der Waals surface area contributed by atoms with E-state index in [1.165, 1.54) is 12.1 Å². The molecule has 2 amide bonds. The van der Waals surface area contributed by atoms with Crippen LogP contribution < -0.4 is 14.8 Å². The predicted octanol–water partition coefficient (Wildman–Crippen LogP) is 2.81. The molecule has 0 bridgehead atoms. The van der Waals surface area contributed by atoms with E-state index in [9.17, 15) is 14.0 Å². The molecule has 1 N–H and O–H groups in total. The first-order chi connectivity index (χ1) is 14.0. The van der Waals surface area contributed by atoms with Crippen LogP contribution in [0.25, 0.3) is 0 Å². The highest BCUT2D eigenvalue weighted by Gasteiger charge is 2.25. The van der Waals surface area contributed by atoms with Crippen molar-refractivity contribution >= 4 is 11.8 Å². The molecule has 3 rings (SSSR count). The minimum Gasteiger partial charge on any atom is -0.497 e. The summed E-state index contributed by atoms with van der Waals surface area (Å²) in [5.41, 5.74) is 0.808. The Morgan fingerprint density at radius 1 is 1.10 bits per heavy atom. The van der Waals surface area contributed by atoms with Crippen LogP contribution in [0, 0.1) is 5.82 Å². The molecule has 1 saturated heterocycles. The number of hydrogen-bond acceptors (Lipinski definition) is 4. The molecule has 0 unspecified atom stereocenters. The third kappa shape index (κ3) is 5.04. The maximum Gasteiger partial charge on any atom is 0.254 e. The molecule has 0 atom stereocenters. The number of methoxy groups -OCH3 is 2. The van der Waals surface area contributed by atoms with Gasteiger partial charge in [0.15, 0.2) is 0 Å². The average Bonchev–Trinajstić information content (AvgIpc) is 2.74. The van der Waals surface area contributed by atoms with Crippen molar-refractivity contribution in [2.75, 3.05) is 27.3 Å². The Labute approximate surface area is 169 Å². The zero-order chi connectivity index (χ0) is 20.8. The molecule has 0 aromatic heterocycles. The number of carbonyl (C=O) groups excluding carboxylic acids is 2. The summed E-state index contributed by atoms with van der Waals surface area (Å²) >= 11 is 0. The number of likely N-dealkylation sites (tertiary alicyclic amines) is 1. The van der Waals surface area contributed by atoms with Crippen molar-refractivity contribution in [2.45, 2.75) is 25.3 Å². The number of nitrogens with one attached hydrogen (secondary N) is 1. The minimum atomic E-state index is -0.537. The van der Waals surface area contributed by atoms with Crippen molar-refractivity contribution < 1.29 is 23.5 Å². The van der Waals surface area contributed by atoms with E-state index in [2.05, 4.69) is 5.32 Å². The molecule has 0 aliphatic carbocycles. The molecule has 1 heterocycles. The van der Waals surface area contributed by atoms with Crippen LogP contribution in [0.4, 0.5) is 4.39 Å². The molecule has 2 aromatic rings. The summed E-state index contributed by atoms with van der Waals surface area (Å²) in [6, 6.07) is 11.2. The Kier molecular flexibility index (Phi) is 6.69. The van der Waals surface area contributed by atoms with E-state index in [4.69, 9.17) is 9.47 Å². The summed E-state index contributed by atoms with van der Waals surface area (Å²) < 4.78 is 24.3. The Bertz CT molecular complexity index is 879. The molecule has 6 nitrogen and oxygen atoms in total. The van der Waals surface area contributed by atoms with Gasteiger partial charge in [-0.3, -0.25) is 9.59 Å². The lowest BCUT2D eigenvalue weighted by Gasteiger charge is -2.32.